The van der Waals surface area contributed by atoms with E-state index in [4.69, 9.17) is 4.74 Å². The van der Waals surface area contributed by atoms with Crippen molar-refractivity contribution in [2.75, 3.05) is 26.3 Å². The molecule has 1 aliphatic carbocycles. The third-order valence-electron chi connectivity index (χ3n) is 4.45. The Labute approximate surface area is 149 Å². The summed E-state index contributed by atoms with van der Waals surface area (Å²) in [5.41, 5.74) is 2.39. The van der Waals surface area contributed by atoms with Gasteiger partial charge in [0.05, 0.1) is 6.61 Å². The average molecular weight is 338 g/mol. The molecule has 2 aromatic rings. The molecule has 4 heteroatoms. The van der Waals surface area contributed by atoms with E-state index in [1.165, 1.54) is 24.0 Å². The van der Waals surface area contributed by atoms with Crippen molar-refractivity contribution < 1.29 is 9.53 Å². The fourth-order valence-electron chi connectivity index (χ4n) is 2.83. The molecule has 0 bridgehead atoms. The van der Waals surface area contributed by atoms with Gasteiger partial charge in [-0.15, -0.1) is 0 Å². The SMILES string of the molecule is O=C(NCCOCC1CC1)NCC(c1ccccc1)c1ccccc1. The van der Waals surface area contributed by atoms with Crippen LogP contribution in [0, 0.1) is 5.92 Å². The first kappa shape index (κ1) is 17.5. The van der Waals surface area contributed by atoms with Crippen LogP contribution in [0.2, 0.25) is 0 Å². The zero-order valence-corrected chi connectivity index (χ0v) is 14.5. The quantitative estimate of drug-likeness (QED) is 0.687. The van der Waals surface area contributed by atoms with E-state index < -0.39 is 0 Å². The van der Waals surface area contributed by atoms with E-state index >= 15 is 0 Å². The third-order valence-corrected chi connectivity index (χ3v) is 4.45. The molecule has 2 aromatic carbocycles. The topological polar surface area (TPSA) is 50.4 Å². The molecule has 0 atom stereocenters. The van der Waals surface area contributed by atoms with Gasteiger partial charge in [0, 0.05) is 25.6 Å². The van der Waals surface area contributed by atoms with Crippen molar-refractivity contribution in [3.05, 3.63) is 71.8 Å². The summed E-state index contributed by atoms with van der Waals surface area (Å²) in [5, 5.41) is 5.85. The summed E-state index contributed by atoms with van der Waals surface area (Å²) in [6, 6.07) is 20.4. The first-order chi connectivity index (χ1) is 12.3. The van der Waals surface area contributed by atoms with Gasteiger partial charge in [-0.05, 0) is 29.9 Å². The Morgan fingerprint density at radius 2 is 1.56 bits per heavy atom. The molecular formula is C21H26N2O2. The van der Waals surface area contributed by atoms with Gasteiger partial charge in [-0.25, -0.2) is 4.79 Å². The Morgan fingerprint density at radius 1 is 0.960 bits per heavy atom. The Bertz CT molecular complexity index is 602. The van der Waals surface area contributed by atoms with Crippen molar-refractivity contribution in [2.24, 2.45) is 5.92 Å². The number of hydrogen-bond acceptors (Lipinski definition) is 2. The van der Waals surface area contributed by atoms with Crippen LogP contribution in [0.15, 0.2) is 60.7 Å². The predicted molar refractivity (Wildman–Crippen MR) is 99.7 cm³/mol. The molecule has 3 rings (SSSR count). The lowest BCUT2D eigenvalue weighted by Crippen LogP contribution is -2.39. The van der Waals surface area contributed by atoms with Gasteiger partial charge < -0.3 is 15.4 Å². The Morgan fingerprint density at radius 3 is 2.12 bits per heavy atom. The highest BCUT2D eigenvalue weighted by atomic mass is 16.5. The van der Waals surface area contributed by atoms with Gasteiger partial charge in [-0.3, -0.25) is 0 Å². The number of carbonyl (C=O) groups excluding carboxylic acids is 1. The molecule has 25 heavy (non-hydrogen) atoms. The van der Waals surface area contributed by atoms with Crippen molar-refractivity contribution in [3.63, 3.8) is 0 Å². The van der Waals surface area contributed by atoms with Gasteiger partial charge >= 0.3 is 6.03 Å². The molecule has 2 amide bonds. The highest BCUT2D eigenvalue weighted by Gasteiger charge is 2.21. The molecule has 0 unspecified atom stereocenters. The van der Waals surface area contributed by atoms with E-state index in [2.05, 4.69) is 34.9 Å². The van der Waals surface area contributed by atoms with Crippen LogP contribution in [0.4, 0.5) is 4.79 Å². The molecule has 1 aliphatic rings. The van der Waals surface area contributed by atoms with Gasteiger partial charge in [-0.1, -0.05) is 60.7 Å². The summed E-state index contributed by atoms with van der Waals surface area (Å²) in [6.07, 6.45) is 2.57. The minimum absolute atomic E-state index is 0.138. The van der Waals surface area contributed by atoms with Crippen LogP contribution in [0.25, 0.3) is 0 Å². The molecule has 0 radical (unpaired) electrons. The maximum atomic E-state index is 12.0. The largest absolute Gasteiger partial charge is 0.379 e. The van der Waals surface area contributed by atoms with E-state index in [0.717, 1.165) is 12.5 Å². The van der Waals surface area contributed by atoms with Gasteiger partial charge in [0.2, 0.25) is 0 Å². The van der Waals surface area contributed by atoms with E-state index in [0.29, 0.717) is 19.7 Å². The Balaban J connectivity index is 1.47. The molecule has 0 aromatic heterocycles. The van der Waals surface area contributed by atoms with Crippen molar-refractivity contribution in [1.82, 2.24) is 10.6 Å². The summed E-state index contributed by atoms with van der Waals surface area (Å²) in [6.45, 7) is 2.50. The number of rotatable bonds is 9. The van der Waals surface area contributed by atoms with Crippen LogP contribution < -0.4 is 10.6 Å². The Hall–Kier alpha value is -2.33. The minimum Gasteiger partial charge on any atom is -0.379 e. The molecule has 0 aliphatic heterocycles. The molecule has 132 valence electrons. The van der Waals surface area contributed by atoms with Gasteiger partial charge in [0.1, 0.15) is 0 Å². The highest BCUT2D eigenvalue weighted by molar-refractivity contribution is 5.73. The van der Waals surface area contributed by atoms with Crippen LogP contribution in [-0.4, -0.2) is 32.3 Å². The molecule has 2 N–H and O–H groups in total. The number of ether oxygens (including phenoxy) is 1. The fraction of sp³-hybridized carbons (Fsp3) is 0.381. The summed E-state index contributed by atoms with van der Waals surface area (Å²) in [7, 11) is 0. The third kappa shape index (κ3) is 5.91. The maximum Gasteiger partial charge on any atom is 0.314 e. The molecule has 0 heterocycles. The molecule has 1 fully saturated rings. The number of carbonyl (C=O) groups is 1. The summed E-state index contributed by atoms with van der Waals surface area (Å²) in [4.78, 5) is 12.0. The fourth-order valence-corrected chi connectivity index (χ4v) is 2.83. The summed E-state index contributed by atoms with van der Waals surface area (Å²) < 4.78 is 5.53. The van der Waals surface area contributed by atoms with Crippen molar-refractivity contribution in [2.45, 2.75) is 18.8 Å². The minimum atomic E-state index is -0.146. The normalized spacial score (nSPS) is 13.6. The van der Waals surface area contributed by atoms with Crippen LogP contribution >= 0.6 is 0 Å². The second-order valence-corrected chi connectivity index (χ2v) is 6.53. The lowest BCUT2D eigenvalue weighted by atomic mass is 9.91. The van der Waals surface area contributed by atoms with Crippen LogP contribution in [0.3, 0.4) is 0 Å². The van der Waals surface area contributed by atoms with Gasteiger partial charge in [0.15, 0.2) is 0 Å². The lowest BCUT2D eigenvalue weighted by Gasteiger charge is -2.19. The van der Waals surface area contributed by atoms with Crippen molar-refractivity contribution in [3.8, 4) is 0 Å². The van der Waals surface area contributed by atoms with Crippen LogP contribution in [0.1, 0.15) is 29.9 Å². The highest BCUT2D eigenvalue weighted by Crippen LogP contribution is 2.28. The number of urea groups is 1. The van der Waals surface area contributed by atoms with Crippen molar-refractivity contribution in [1.29, 1.82) is 0 Å². The summed E-state index contributed by atoms with van der Waals surface area (Å²) in [5.74, 6) is 0.894. The molecule has 0 spiro atoms. The molecular weight excluding hydrogens is 312 g/mol. The zero-order valence-electron chi connectivity index (χ0n) is 14.5. The molecule has 4 nitrogen and oxygen atoms in total. The number of amides is 2. The van der Waals surface area contributed by atoms with Gasteiger partial charge in [-0.2, -0.15) is 0 Å². The first-order valence-electron chi connectivity index (χ1n) is 9.02. The van der Waals surface area contributed by atoms with Crippen molar-refractivity contribution >= 4 is 6.03 Å². The zero-order chi connectivity index (χ0) is 17.3. The van der Waals surface area contributed by atoms with E-state index in [-0.39, 0.29) is 11.9 Å². The summed E-state index contributed by atoms with van der Waals surface area (Å²) >= 11 is 0. The van der Waals surface area contributed by atoms with E-state index in [9.17, 15) is 4.79 Å². The van der Waals surface area contributed by atoms with Crippen LogP contribution in [0.5, 0.6) is 0 Å². The number of benzene rings is 2. The second-order valence-electron chi connectivity index (χ2n) is 6.53. The monoisotopic (exact) mass is 338 g/mol. The average Bonchev–Trinajstić information content (AvgIpc) is 3.48. The smallest absolute Gasteiger partial charge is 0.314 e. The van der Waals surface area contributed by atoms with Gasteiger partial charge in [0.25, 0.3) is 0 Å². The molecule has 1 saturated carbocycles. The predicted octanol–water partition coefficient (Wildman–Crippen LogP) is 3.54. The van der Waals surface area contributed by atoms with Crippen LogP contribution in [-0.2, 0) is 4.74 Å². The second kappa shape index (κ2) is 9.23. The standard InChI is InChI=1S/C21H26N2O2/c24-21(22-13-14-25-16-17-11-12-17)23-15-20(18-7-3-1-4-8-18)19-9-5-2-6-10-19/h1-10,17,20H,11-16H2,(H2,22,23,24). The molecule has 0 saturated heterocycles. The maximum absolute atomic E-state index is 12.0. The number of nitrogens with one attached hydrogen (secondary N) is 2. The van der Waals surface area contributed by atoms with E-state index in [1.807, 2.05) is 36.4 Å². The lowest BCUT2D eigenvalue weighted by molar-refractivity contribution is 0.127. The first-order valence-corrected chi connectivity index (χ1v) is 9.02. The van der Waals surface area contributed by atoms with E-state index in [1.54, 1.807) is 0 Å². The Kier molecular flexibility index (Phi) is 6.46. The number of hydrogen-bond donors (Lipinski definition) is 2.